The molecule has 4 heteroatoms. The number of aliphatic hydroxyl groups is 1. The summed E-state index contributed by atoms with van der Waals surface area (Å²) in [6.45, 7) is 0.114. The van der Waals surface area contributed by atoms with Gasteiger partial charge in [0, 0.05) is 12.6 Å². The van der Waals surface area contributed by atoms with Gasteiger partial charge in [-0.05, 0) is 29.3 Å². The van der Waals surface area contributed by atoms with Gasteiger partial charge < -0.3 is 15.5 Å². The zero-order valence-corrected chi connectivity index (χ0v) is 11.4. The molecule has 0 spiro atoms. The molecule has 0 bridgehead atoms. The summed E-state index contributed by atoms with van der Waals surface area (Å²) in [4.78, 5) is 11.7. The van der Waals surface area contributed by atoms with Crippen LogP contribution < -0.4 is 5.32 Å². The van der Waals surface area contributed by atoms with Crippen LogP contribution in [-0.2, 0) is 4.79 Å². The lowest BCUT2D eigenvalue weighted by atomic mass is 10.1. The van der Waals surface area contributed by atoms with Crippen LogP contribution in [0, 0.1) is 0 Å². The van der Waals surface area contributed by atoms with Crippen molar-refractivity contribution in [1.82, 2.24) is 5.32 Å². The van der Waals surface area contributed by atoms with Gasteiger partial charge in [0.15, 0.2) is 0 Å². The Kier molecular flexibility index (Phi) is 5.12. The van der Waals surface area contributed by atoms with E-state index in [1.54, 1.807) is 18.2 Å². The number of nitrogens with one attached hydrogen (secondary N) is 1. The van der Waals surface area contributed by atoms with E-state index in [-0.39, 0.29) is 18.2 Å². The summed E-state index contributed by atoms with van der Waals surface area (Å²) in [6.07, 6.45) is 2.33. The molecule has 1 atom stereocenters. The second-order valence-corrected chi connectivity index (χ2v) is 4.60. The van der Waals surface area contributed by atoms with E-state index < -0.39 is 6.10 Å². The predicted octanol–water partition coefficient (Wildman–Crippen LogP) is 2.26. The zero-order valence-electron chi connectivity index (χ0n) is 11.4. The van der Waals surface area contributed by atoms with Crippen molar-refractivity contribution in [3.05, 3.63) is 71.8 Å². The highest BCUT2D eigenvalue weighted by Crippen LogP contribution is 2.15. The van der Waals surface area contributed by atoms with Gasteiger partial charge in [0.05, 0.1) is 6.10 Å². The third kappa shape index (κ3) is 4.78. The molecule has 3 N–H and O–H groups in total. The van der Waals surface area contributed by atoms with E-state index in [1.165, 1.54) is 18.2 Å². The first kappa shape index (κ1) is 14.8. The highest BCUT2D eigenvalue weighted by molar-refractivity contribution is 5.91. The summed E-state index contributed by atoms with van der Waals surface area (Å²) >= 11 is 0. The maximum Gasteiger partial charge on any atom is 0.244 e. The van der Waals surface area contributed by atoms with Gasteiger partial charge in [0.1, 0.15) is 5.75 Å². The SMILES string of the molecule is O=C(/C=C/c1ccccc1)NCC(O)c1ccc(O)cc1. The number of hydrogen-bond acceptors (Lipinski definition) is 3. The van der Waals surface area contributed by atoms with Crippen molar-refractivity contribution >= 4 is 12.0 Å². The molecule has 2 aromatic carbocycles. The number of phenolic OH excluding ortho intramolecular Hbond substituents is 1. The summed E-state index contributed by atoms with van der Waals surface area (Å²) in [6, 6.07) is 15.7. The lowest BCUT2D eigenvalue weighted by Crippen LogP contribution is -2.26. The monoisotopic (exact) mass is 283 g/mol. The van der Waals surface area contributed by atoms with Gasteiger partial charge >= 0.3 is 0 Å². The third-order valence-electron chi connectivity index (χ3n) is 2.97. The lowest BCUT2D eigenvalue weighted by molar-refractivity contribution is -0.116. The first-order chi connectivity index (χ1) is 10.1. The van der Waals surface area contributed by atoms with E-state index >= 15 is 0 Å². The molecule has 0 saturated carbocycles. The minimum Gasteiger partial charge on any atom is -0.508 e. The molecule has 0 saturated heterocycles. The quantitative estimate of drug-likeness (QED) is 0.737. The molecule has 2 rings (SSSR count). The average molecular weight is 283 g/mol. The van der Waals surface area contributed by atoms with Crippen molar-refractivity contribution in [2.24, 2.45) is 0 Å². The van der Waals surface area contributed by atoms with Gasteiger partial charge in [-0.2, -0.15) is 0 Å². The Hall–Kier alpha value is -2.59. The van der Waals surface area contributed by atoms with E-state index in [1.807, 2.05) is 30.3 Å². The number of rotatable bonds is 5. The van der Waals surface area contributed by atoms with Crippen molar-refractivity contribution in [2.75, 3.05) is 6.54 Å². The second-order valence-electron chi connectivity index (χ2n) is 4.60. The molecule has 0 fully saturated rings. The summed E-state index contributed by atoms with van der Waals surface area (Å²) in [7, 11) is 0. The van der Waals surface area contributed by atoms with Gasteiger partial charge in [0.2, 0.25) is 5.91 Å². The molecule has 21 heavy (non-hydrogen) atoms. The van der Waals surface area contributed by atoms with Gasteiger partial charge in [-0.25, -0.2) is 0 Å². The average Bonchev–Trinajstić information content (AvgIpc) is 2.52. The Morgan fingerprint density at radius 1 is 1.10 bits per heavy atom. The number of carbonyl (C=O) groups excluding carboxylic acids is 1. The van der Waals surface area contributed by atoms with Crippen LogP contribution in [0.25, 0.3) is 6.08 Å². The lowest BCUT2D eigenvalue weighted by Gasteiger charge is -2.11. The van der Waals surface area contributed by atoms with Crippen molar-refractivity contribution in [3.8, 4) is 5.75 Å². The van der Waals surface area contributed by atoms with Crippen molar-refractivity contribution < 1.29 is 15.0 Å². The summed E-state index contributed by atoms with van der Waals surface area (Å²) in [5.74, 6) is -0.127. The van der Waals surface area contributed by atoms with Crippen molar-refractivity contribution in [1.29, 1.82) is 0 Å². The van der Waals surface area contributed by atoms with Crippen LogP contribution in [0.4, 0.5) is 0 Å². The Balaban J connectivity index is 1.83. The topological polar surface area (TPSA) is 69.6 Å². The Morgan fingerprint density at radius 3 is 2.43 bits per heavy atom. The van der Waals surface area contributed by atoms with E-state index in [4.69, 9.17) is 0 Å². The van der Waals surface area contributed by atoms with E-state index in [2.05, 4.69) is 5.32 Å². The molecule has 108 valence electrons. The fraction of sp³-hybridized carbons (Fsp3) is 0.118. The molecule has 1 amide bonds. The minimum atomic E-state index is -0.806. The van der Waals surface area contributed by atoms with Crippen molar-refractivity contribution in [2.45, 2.75) is 6.10 Å². The first-order valence-corrected chi connectivity index (χ1v) is 6.63. The standard InChI is InChI=1S/C17H17NO3/c19-15-9-7-14(8-10-15)16(20)12-18-17(21)11-6-13-4-2-1-3-5-13/h1-11,16,19-20H,12H2,(H,18,21)/b11-6+. The van der Waals surface area contributed by atoms with Crippen LogP contribution in [-0.4, -0.2) is 22.7 Å². The van der Waals surface area contributed by atoms with Crippen LogP contribution in [0.15, 0.2) is 60.7 Å². The molecular formula is C17H17NO3. The van der Waals surface area contributed by atoms with Crippen LogP contribution in [0.3, 0.4) is 0 Å². The molecule has 0 radical (unpaired) electrons. The highest BCUT2D eigenvalue weighted by Gasteiger charge is 2.08. The molecule has 0 aliphatic heterocycles. The molecule has 1 unspecified atom stereocenters. The Morgan fingerprint density at radius 2 is 1.76 bits per heavy atom. The van der Waals surface area contributed by atoms with Crippen molar-refractivity contribution in [3.63, 3.8) is 0 Å². The van der Waals surface area contributed by atoms with E-state index in [0.29, 0.717) is 5.56 Å². The number of amides is 1. The summed E-state index contributed by atoms with van der Waals surface area (Å²) in [5, 5.41) is 21.7. The molecular weight excluding hydrogens is 266 g/mol. The number of phenols is 1. The smallest absolute Gasteiger partial charge is 0.244 e. The maximum atomic E-state index is 11.7. The number of carbonyl (C=O) groups is 1. The molecule has 0 aromatic heterocycles. The second kappa shape index (κ2) is 7.26. The van der Waals surface area contributed by atoms with Crippen LogP contribution in [0.1, 0.15) is 17.2 Å². The fourth-order valence-electron chi connectivity index (χ4n) is 1.81. The Bertz CT molecular complexity index is 606. The zero-order chi connectivity index (χ0) is 15.1. The fourth-order valence-corrected chi connectivity index (χ4v) is 1.81. The van der Waals surface area contributed by atoms with E-state index in [9.17, 15) is 15.0 Å². The minimum absolute atomic E-state index is 0.114. The maximum absolute atomic E-state index is 11.7. The summed E-state index contributed by atoms with van der Waals surface area (Å²) in [5.41, 5.74) is 1.58. The van der Waals surface area contributed by atoms with Crippen LogP contribution in [0.5, 0.6) is 5.75 Å². The van der Waals surface area contributed by atoms with Crippen LogP contribution >= 0.6 is 0 Å². The molecule has 0 aliphatic carbocycles. The summed E-state index contributed by atoms with van der Waals surface area (Å²) < 4.78 is 0. The van der Waals surface area contributed by atoms with Gasteiger partial charge in [0.25, 0.3) is 0 Å². The third-order valence-corrected chi connectivity index (χ3v) is 2.97. The normalized spacial score (nSPS) is 12.2. The molecule has 4 nitrogen and oxygen atoms in total. The van der Waals surface area contributed by atoms with Gasteiger partial charge in [-0.3, -0.25) is 4.79 Å². The number of benzene rings is 2. The van der Waals surface area contributed by atoms with Gasteiger partial charge in [-0.15, -0.1) is 0 Å². The molecule has 2 aromatic rings. The Labute approximate surface area is 123 Å². The first-order valence-electron chi connectivity index (χ1n) is 6.63. The largest absolute Gasteiger partial charge is 0.508 e. The predicted molar refractivity (Wildman–Crippen MR) is 81.6 cm³/mol. The highest BCUT2D eigenvalue weighted by atomic mass is 16.3. The van der Waals surface area contributed by atoms with Gasteiger partial charge in [-0.1, -0.05) is 42.5 Å². The molecule has 0 aliphatic rings. The number of aliphatic hydroxyl groups excluding tert-OH is 1. The van der Waals surface area contributed by atoms with E-state index in [0.717, 1.165) is 5.56 Å². The number of aromatic hydroxyl groups is 1. The van der Waals surface area contributed by atoms with Crippen LogP contribution in [0.2, 0.25) is 0 Å². The number of hydrogen-bond donors (Lipinski definition) is 3. The molecule has 0 heterocycles.